The summed E-state index contributed by atoms with van der Waals surface area (Å²) >= 11 is 0. The molecule has 0 rings (SSSR count). The molecule has 0 aliphatic heterocycles. The average molecular weight is 928 g/mol. The van der Waals surface area contributed by atoms with Gasteiger partial charge in [-0.3, -0.25) is 18.6 Å². The molecular weight excluding hydrogens is 826 g/mol. The maximum absolute atomic E-state index is 12.7. The first kappa shape index (κ1) is 62.4. The summed E-state index contributed by atoms with van der Waals surface area (Å²) in [5.74, 6) is -1.77. The smallest absolute Gasteiger partial charge is 0.472 e. The van der Waals surface area contributed by atoms with Gasteiger partial charge in [0.1, 0.15) is 12.1 Å². The van der Waals surface area contributed by atoms with E-state index in [2.05, 4.69) is 38.2 Å². The van der Waals surface area contributed by atoms with Crippen LogP contribution in [0.15, 0.2) is 24.3 Å². The quantitative estimate of drug-likeness (QED) is 0.0232. The molecule has 4 N–H and O–H groups in total. The van der Waals surface area contributed by atoms with Gasteiger partial charge in [0.25, 0.3) is 0 Å². The second-order valence-electron chi connectivity index (χ2n) is 18.4. The third-order valence-corrected chi connectivity index (χ3v) is 12.9. The number of carboxylic acids is 1. The van der Waals surface area contributed by atoms with Crippen molar-refractivity contribution in [2.24, 2.45) is 5.73 Å². The van der Waals surface area contributed by atoms with Crippen molar-refractivity contribution < 1.29 is 42.7 Å². The summed E-state index contributed by atoms with van der Waals surface area (Å²) in [7, 11) is -4.62. The Kier molecular flexibility index (Phi) is 48.2. The lowest BCUT2D eigenvalue weighted by atomic mass is 10.0. The number of allylic oxidation sites excluding steroid dienone is 4. The number of esters is 1. The number of ether oxygens (including phenoxy) is 2. The van der Waals surface area contributed by atoms with Gasteiger partial charge in [0, 0.05) is 13.0 Å². The van der Waals surface area contributed by atoms with Gasteiger partial charge in [-0.05, 0) is 64.2 Å². The molecule has 0 saturated carbocycles. The van der Waals surface area contributed by atoms with Crippen LogP contribution < -0.4 is 5.73 Å². The molecule has 10 nitrogen and oxygen atoms in total. The van der Waals surface area contributed by atoms with E-state index < -0.39 is 45.1 Å². The predicted molar refractivity (Wildman–Crippen MR) is 268 cm³/mol. The third kappa shape index (κ3) is 48.4. The second-order valence-corrected chi connectivity index (χ2v) is 19.8. The van der Waals surface area contributed by atoms with Crippen LogP contribution in [0.2, 0.25) is 0 Å². The monoisotopic (exact) mass is 928 g/mol. The van der Waals surface area contributed by atoms with Crippen LogP contribution in [0.25, 0.3) is 0 Å². The number of carbonyl (C=O) groups excluding carboxylic acids is 1. The van der Waals surface area contributed by atoms with E-state index in [4.69, 9.17) is 29.4 Å². The van der Waals surface area contributed by atoms with Gasteiger partial charge < -0.3 is 25.2 Å². The largest absolute Gasteiger partial charge is 0.480 e. The zero-order valence-electron chi connectivity index (χ0n) is 41.6. The van der Waals surface area contributed by atoms with E-state index in [1.807, 2.05) is 0 Å². The minimum absolute atomic E-state index is 0.0186. The molecule has 3 unspecified atom stereocenters. The number of hydrogen-bond donors (Lipinski definition) is 3. The van der Waals surface area contributed by atoms with Crippen molar-refractivity contribution in [3.8, 4) is 0 Å². The van der Waals surface area contributed by atoms with Crippen molar-refractivity contribution in [3.63, 3.8) is 0 Å². The number of rotatable bonds is 52. The lowest BCUT2D eigenvalue weighted by Gasteiger charge is -2.20. The van der Waals surface area contributed by atoms with Crippen LogP contribution in [-0.4, -0.2) is 60.5 Å². The fraction of sp³-hybridized carbons (Fsp3) is 0.887. The third-order valence-electron chi connectivity index (χ3n) is 12.0. The minimum atomic E-state index is -4.62. The van der Waals surface area contributed by atoms with Crippen LogP contribution >= 0.6 is 7.82 Å². The van der Waals surface area contributed by atoms with Gasteiger partial charge in [-0.1, -0.05) is 218 Å². The summed E-state index contributed by atoms with van der Waals surface area (Å²) in [5, 5.41) is 8.93. The van der Waals surface area contributed by atoms with Gasteiger partial charge in [-0.2, -0.15) is 0 Å². The molecule has 0 spiro atoms. The van der Waals surface area contributed by atoms with E-state index in [0.717, 1.165) is 44.9 Å². The first-order valence-electron chi connectivity index (χ1n) is 26.9. The van der Waals surface area contributed by atoms with E-state index >= 15 is 0 Å². The first-order chi connectivity index (χ1) is 31.2. The fourth-order valence-corrected chi connectivity index (χ4v) is 8.55. The van der Waals surface area contributed by atoms with E-state index in [0.29, 0.717) is 13.0 Å². The Balaban J connectivity index is 4.08. The maximum Gasteiger partial charge on any atom is 0.472 e. The van der Waals surface area contributed by atoms with Crippen LogP contribution in [0.1, 0.15) is 264 Å². The molecule has 3 atom stereocenters. The Morgan fingerprint density at radius 2 is 0.812 bits per heavy atom. The number of aliphatic carboxylic acids is 1. The molecule has 0 bridgehead atoms. The van der Waals surface area contributed by atoms with Gasteiger partial charge in [0.05, 0.1) is 19.8 Å². The molecule has 11 heteroatoms. The summed E-state index contributed by atoms with van der Waals surface area (Å²) < 4.78 is 33.5. The summed E-state index contributed by atoms with van der Waals surface area (Å²) in [6, 6.07) is -1.47. The minimum Gasteiger partial charge on any atom is -0.480 e. The topological polar surface area (TPSA) is 155 Å². The Hall–Kier alpha value is -1.55. The summed E-state index contributed by atoms with van der Waals surface area (Å²) in [5.41, 5.74) is 5.38. The molecule has 64 heavy (non-hydrogen) atoms. The Labute approximate surface area is 394 Å². The fourth-order valence-electron chi connectivity index (χ4n) is 7.77. The molecule has 0 aromatic rings. The molecular formula is C53H102NO9P. The van der Waals surface area contributed by atoms with E-state index in [-0.39, 0.29) is 13.0 Å². The number of unbranched alkanes of at least 4 members (excludes halogenated alkanes) is 34. The van der Waals surface area contributed by atoms with Crippen LogP contribution in [-0.2, 0) is 32.7 Å². The van der Waals surface area contributed by atoms with Gasteiger partial charge in [-0.25, -0.2) is 4.57 Å². The van der Waals surface area contributed by atoms with Crippen molar-refractivity contribution in [1.29, 1.82) is 0 Å². The van der Waals surface area contributed by atoms with Crippen LogP contribution in [0.5, 0.6) is 0 Å². The molecule has 0 aliphatic rings. The average Bonchev–Trinajstić information content (AvgIpc) is 3.28. The molecule has 0 radical (unpaired) electrons. The SMILES string of the molecule is CCCCCCCCC/C=C\CCCCCCCCCC(=O)OC(COCCCCCCCCCCCCCC/C=C\CCCCCCCCCC)COP(=O)(O)OCC(N)C(=O)O. The highest BCUT2D eigenvalue weighted by Crippen LogP contribution is 2.43. The number of carboxylic acid groups (broad SMARTS) is 1. The molecule has 0 amide bonds. The molecule has 0 aliphatic carbocycles. The highest BCUT2D eigenvalue weighted by molar-refractivity contribution is 7.47. The van der Waals surface area contributed by atoms with Gasteiger partial charge in [-0.15, -0.1) is 0 Å². The van der Waals surface area contributed by atoms with Crippen molar-refractivity contribution in [3.05, 3.63) is 24.3 Å². The summed E-state index contributed by atoms with van der Waals surface area (Å²) in [6.07, 6.45) is 56.7. The molecule has 0 saturated heterocycles. The van der Waals surface area contributed by atoms with E-state index in [1.54, 1.807) is 0 Å². The molecule has 0 aromatic heterocycles. The van der Waals surface area contributed by atoms with Gasteiger partial charge >= 0.3 is 19.8 Å². The van der Waals surface area contributed by atoms with Crippen LogP contribution in [0.4, 0.5) is 0 Å². The Morgan fingerprint density at radius 3 is 1.19 bits per heavy atom. The maximum atomic E-state index is 12.7. The molecule has 0 heterocycles. The zero-order valence-corrected chi connectivity index (χ0v) is 42.5. The highest BCUT2D eigenvalue weighted by atomic mass is 31.2. The lowest BCUT2D eigenvalue weighted by molar-refractivity contribution is -0.154. The number of nitrogens with two attached hydrogens (primary N) is 1. The van der Waals surface area contributed by atoms with Crippen LogP contribution in [0.3, 0.4) is 0 Å². The summed E-state index contributed by atoms with van der Waals surface area (Å²) in [4.78, 5) is 33.7. The predicted octanol–water partition coefficient (Wildman–Crippen LogP) is 15.8. The first-order valence-corrected chi connectivity index (χ1v) is 28.4. The van der Waals surface area contributed by atoms with Crippen molar-refractivity contribution in [2.75, 3.05) is 26.4 Å². The number of hydrogen-bond acceptors (Lipinski definition) is 8. The van der Waals surface area contributed by atoms with Crippen molar-refractivity contribution in [1.82, 2.24) is 0 Å². The highest BCUT2D eigenvalue weighted by Gasteiger charge is 2.27. The number of phosphoric acid groups is 1. The Morgan fingerprint density at radius 1 is 0.484 bits per heavy atom. The second kappa shape index (κ2) is 49.4. The van der Waals surface area contributed by atoms with Crippen LogP contribution in [0, 0.1) is 0 Å². The molecule has 378 valence electrons. The molecule has 0 fully saturated rings. The Bertz CT molecular complexity index is 1120. The summed E-state index contributed by atoms with van der Waals surface area (Å²) in [6.45, 7) is 3.92. The normalized spacial score (nSPS) is 13.8. The van der Waals surface area contributed by atoms with Gasteiger partial charge in [0.2, 0.25) is 0 Å². The number of phosphoric ester groups is 1. The lowest BCUT2D eigenvalue weighted by Crippen LogP contribution is -2.34. The molecule has 0 aromatic carbocycles. The number of carbonyl (C=O) groups is 2. The zero-order chi connectivity index (χ0) is 46.9. The standard InChI is InChI=1S/C53H102NO9P/c1-3-5-7-9-11-13-15-17-19-21-23-24-25-26-27-28-30-32-34-36-38-40-42-44-46-60-47-50(48-61-64(58,59)62-49-51(54)53(56)57)63-52(55)45-43-41-39-37-35-33-31-29-22-20-18-16-14-12-10-8-6-4-2/h20-23,50-51H,3-19,24-49,54H2,1-2H3,(H,56,57)(H,58,59)/b22-20-,23-21-. The van der Waals surface area contributed by atoms with E-state index in [1.165, 1.54) is 193 Å². The van der Waals surface area contributed by atoms with Crippen molar-refractivity contribution >= 4 is 19.8 Å². The van der Waals surface area contributed by atoms with E-state index in [9.17, 15) is 19.0 Å². The van der Waals surface area contributed by atoms with Crippen molar-refractivity contribution in [2.45, 2.75) is 276 Å². The van der Waals surface area contributed by atoms with Gasteiger partial charge in [0.15, 0.2) is 0 Å².